The Bertz CT molecular complexity index is 1380. The van der Waals surface area contributed by atoms with E-state index in [2.05, 4.69) is 5.32 Å². The van der Waals surface area contributed by atoms with Crippen LogP contribution in [0.4, 0.5) is 10.1 Å². The van der Waals surface area contributed by atoms with E-state index in [0.29, 0.717) is 35.9 Å². The SMILES string of the molecule is CCCNC(=O)[C@@H](C)N(Cc1ccc(Cl)cc1)C(=O)CN(c1ccc(OCC)cc1)S(=O)(=O)c1ccc(F)cc1. The molecule has 3 rings (SSSR count). The molecule has 2 amide bonds. The summed E-state index contributed by atoms with van der Waals surface area (Å²) in [6.45, 7) is 5.63. The van der Waals surface area contributed by atoms with Gasteiger partial charge in [-0.05, 0) is 86.5 Å². The van der Waals surface area contributed by atoms with Gasteiger partial charge < -0.3 is 15.0 Å². The van der Waals surface area contributed by atoms with Crippen molar-refractivity contribution in [1.82, 2.24) is 10.2 Å². The summed E-state index contributed by atoms with van der Waals surface area (Å²) in [5.41, 5.74) is 0.914. The van der Waals surface area contributed by atoms with Gasteiger partial charge in [-0.1, -0.05) is 30.7 Å². The highest BCUT2D eigenvalue weighted by Gasteiger charge is 2.32. The maximum absolute atomic E-state index is 13.8. The minimum Gasteiger partial charge on any atom is -0.494 e. The minimum absolute atomic E-state index is 0.0461. The second kappa shape index (κ2) is 14.1. The number of carbonyl (C=O) groups excluding carboxylic acids is 2. The first-order valence-corrected chi connectivity index (χ1v) is 14.7. The van der Waals surface area contributed by atoms with Gasteiger partial charge in [-0.2, -0.15) is 0 Å². The molecule has 1 atom stereocenters. The number of hydrogen-bond acceptors (Lipinski definition) is 5. The average Bonchev–Trinajstić information content (AvgIpc) is 2.94. The van der Waals surface area contributed by atoms with Crippen LogP contribution in [0.25, 0.3) is 0 Å². The van der Waals surface area contributed by atoms with Crippen LogP contribution in [0.2, 0.25) is 5.02 Å². The largest absolute Gasteiger partial charge is 0.494 e. The topological polar surface area (TPSA) is 96.0 Å². The first-order chi connectivity index (χ1) is 19.1. The lowest BCUT2D eigenvalue weighted by molar-refractivity contribution is -0.139. The van der Waals surface area contributed by atoms with Crippen molar-refractivity contribution in [3.05, 3.63) is 89.2 Å². The molecule has 0 fully saturated rings. The Morgan fingerprint density at radius 1 is 0.975 bits per heavy atom. The summed E-state index contributed by atoms with van der Waals surface area (Å²) >= 11 is 6.02. The van der Waals surface area contributed by atoms with Crippen molar-refractivity contribution in [1.29, 1.82) is 0 Å². The van der Waals surface area contributed by atoms with Crippen molar-refractivity contribution >= 4 is 39.1 Å². The number of sulfonamides is 1. The quantitative estimate of drug-likeness (QED) is 0.302. The number of nitrogens with one attached hydrogen (secondary N) is 1. The molecule has 0 heterocycles. The minimum atomic E-state index is -4.30. The van der Waals surface area contributed by atoms with Crippen LogP contribution in [-0.4, -0.2) is 50.9 Å². The number of hydrogen-bond donors (Lipinski definition) is 1. The highest BCUT2D eigenvalue weighted by atomic mass is 35.5. The summed E-state index contributed by atoms with van der Waals surface area (Å²) in [5.74, 6) is -1.03. The molecule has 0 aliphatic rings. The normalized spacial score (nSPS) is 11.9. The van der Waals surface area contributed by atoms with Gasteiger partial charge in [0, 0.05) is 18.1 Å². The summed E-state index contributed by atoms with van der Waals surface area (Å²) in [7, 11) is -4.30. The number of ether oxygens (including phenoxy) is 1. The van der Waals surface area contributed by atoms with Gasteiger partial charge in [-0.3, -0.25) is 13.9 Å². The van der Waals surface area contributed by atoms with Crippen LogP contribution < -0.4 is 14.4 Å². The van der Waals surface area contributed by atoms with Gasteiger partial charge in [0.1, 0.15) is 24.2 Å². The van der Waals surface area contributed by atoms with Crippen LogP contribution in [-0.2, 0) is 26.2 Å². The van der Waals surface area contributed by atoms with Crippen LogP contribution in [0.15, 0.2) is 77.7 Å². The standard InChI is InChI=1S/C29H33ClFN3O5S/c1-4-18-32-29(36)21(3)33(19-22-6-8-23(30)9-7-22)28(35)20-34(25-12-14-26(15-13-25)39-5-2)40(37,38)27-16-10-24(31)11-17-27/h6-17,21H,4-5,18-20H2,1-3H3,(H,32,36)/t21-/m1/s1. The van der Waals surface area contributed by atoms with E-state index < -0.39 is 34.3 Å². The van der Waals surface area contributed by atoms with E-state index >= 15 is 0 Å². The molecule has 1 N–H and O–H groups in total. The monoisotopic (exact) mass is 589 g/mol. The fourth-order valence-corrected chi connectivity index (χ4v) is 5.44. The zero-order chi connectivity index (χ0) is 29.3. The molecule has 0 saturated heterocycles. The average molecular weight is 590 g/mol. The number of amides is 2. The van der Waals surface area contributed by atoms with E-state index in [4.69, 9.17) is 16.3 Å². The van der Waals surface area contributed by atoms with Gasteiger partial charge in [0.25, 0.3) is 10.0 Å². The molecular weight excluding hydrogens is 557 g/mol. The van der Waals surface area contributed by atoms with Gasteiger partial charge in [-0.25, -0.2) is 12.8 Å². The lowest BCUT2D eigenvalue weighted by Gasteiger charge is -2.32. The molecule has 0 spiro atoms. The molecule has 11 heteroatoms. The first-order valence-electron chi connectivity index (χ1n) is 12.9. The molecule has 0 saturated carbocycles. The summed E-state index contributed by atoms with van der Waals surface area (Å²) in [6.07, 6.45) is 0.713. The summed E-state index contributed by atoms with van der Waals surface area (Å²) in [4.78, 5) is 27.9. The van der Waals surface area contributed by atoms with Crippen molar-refractivity contribution in [2.24, 2.45) is 0 Å². The number of rotatable bonds is 13. The zero-order valence-corrected chi connectivity index (χ0v) is 24.2. The molecule has 214 valence electrons. The molecule has 8 nitrogen and oxygen atoms in total. The maximum atomic E-state index is 13.8. The fourth-order valence-electron chi connectivity index (χ4n) is 3.90. The fraction of sp³-hybridized carbons (Fsp3) is 0.310. The number of carbonyl (C=O) groups is 2. The van der Waals surface area contributed by atoms with Gasteiger partial charge in [0.2, 0.25) is 11.8 Å². The van der Waals surface area contributed by atoms with Crippen molar-refractivity contribution in [2.45, 2.75) is 44.7 Å². The van der Waals surface area contributed by atoms with Crippen LogP contribution >= 0.6 is 11.6 Å². The van der Waals surface area contributed by atoms with E-state index in [0.717, 1.165) is 28.6 Å². The molecule has 0 aliphatic carbocycles. The predicted octanol–water partition coefficient (Wildman–Crippen LogP) is 5.02. The number of anilines is 1. The second-order valence-corrected chi connectivity index (χ2v) is 11.3. The van der Waals surface area contributed by atoms with Crippen LogP contribution in [0.1, 0.15) is 32.8 Å². The van der Waals surface area contributed by atoms with Gasteiger partial charge in [0.05, 0.1) is 17.2 Å². The van der Waals surface area contributed by atoms with Gasteiger partial charge in [-0.15, -0.1) is 0 Å². The van der Waals surface area contributed by atoms with Crippen molar-refractivity contribution < 1.29 is 27.1 Å². The molecule has 0 radical (unpaired) electrons. The number of nitrogens with zero attached hydrogens (tertiary/aromatic N) is 2. The van der Waals surface area contributed by atoms with E-state index in [1.807, 2.05) is 13.8 Å². The Balaban J connectivity index is 2.01. The first kappa shape index (κ1) is 30.9. The Morgan fingerprint density at radius 2 is 1.60 bits per heavy atom. The van der Waals surface area contributed by atoms with E-state index in [1.165, 1.54) is 17.0 Å². The second-order valence-electron chi connectivity index (χ2n) is 9.01. The van der Waals surface area contributed by atoms with Gasteiger partial charge >= 0.3 is 0 Å². The van der Waals surface area contributed by atoms with Crippen LogP contribution in [0.3, 0.4) is 0 Å². The molecule has 3 aromatic carbocycles. The molecule has 3 aromatic rings. The smallest absolute Gasteiger partial charge is 0.264 e. The number of benzene rings is 3. The lowest BCUT2D eigenvalue weighted by Crippen LogP contribution is -2.51. The summed E-state index contributed by atoms with van der Waals surface area (Å²) in [5, 5.41) is 3.31. The Hall–Kier alpha value is -3.63. The molecule has 0 aromatic heterocycles. The molecule has 0 unspecified atom stereocenters. The predicted molar refractivity (Wildman–Crippen MR) is 153 cm³/mol. The number of halogens is 2. The van der Waals surface area contributed by atoms with Gasteiger partial charge in [0.15, 0.2) is 0 Å². The van der Waals surface area contributed by atoms with E-state index in [9.17, 15) is 22.4 Å². The van der Waals surface area contributed by atoms with Crippen LogP contribution in [0, 0.1) is 5.82 Å². The zero-order valence-electron chi connectivity index (χ0n) is 22.6. The Labute approximate surface area is 239 Å². The van der Waals surface area contributed by atoms with Crippen molar-refractivity contribution in [3.63, 3.8) is 0 Å². The maximum Gasteiger partial charge on any atom is 0.264 e. The van der Waals surface area contributed by atoms with Crippen molar-refractivity contribution in [2.75, 3.05) is 24.0 Å². The molecule has 0 aliphatic heterocycles. The van der Waals surface area contributed by atoms with E-state index in [1.54, 1.807) is 43.3 Å². The Morgan fingerprint density at radius 3 is 2.17 bits per heavy atom. The summed E-state index contributed by atoms with van der Waals surface area (Å²) in [6, 6.07) is 16.5. The molecular formula is C29H33ClFN3O5S. The highest BCUT2D eigenvalue weighted by Crippen LogP contribution is 2.27. The summed E-state index contributed by atoms with van der Waals surface area (Å²) < 4.78 is 47.5. The van der Waals surface area contributed by atoms with Crippen molar-refractivity contribution in [3.8, 4) is 5.75 Å². The molecule has 0 bridgehead atoms. The third-order valence-corrected chi connectivity index (χ3v) is 8.14. The third kappa shape index (κ3) is 7.95. The third-order valence-electron chi connectivity index (χ3n) is 6.10. The van der Waals surface area contributed by atoms with Crippen LogP contribution in [0.5, 0.6) is 5.75 Å². The highest BCUT2D eigenvalue weighted by molar-refractivity contribution is 7.92. The Kier molecular flexibility index (Phi) is 10.9. The van der Waals surface area contributed by atoms with E-state index in [-0.39, 0.29) is 23.0 Å². The lowest BCUT2D eigenvalue weighted by atomic mass is 10.1. The molecule has 40 heavy (non-hydrogen) atoms.